The maximum Gasteiger partial charge on any atom is 0.417 e. The Balaban J connectivity index is 2.07. The number of hydrogen-bond acceptors (Lipinski definition) is 3. The summed E-state index contributed by atoms with van der Waals surface area (Å²) in [5.74, 6) is -0.112. The number of ether oxygens (including phenoxy) is 1. The topological polar surface area (TPSA) is 46.6 Å². The standard InChI is InChI=1S/C19H25NO3/c1-14(10-11-19(2,3)4)12-17(21)20-16(13-23-18(20)22)15-8-6-5-7-9-15/h5-11,14,16H,12-13H2,1-4H3/b11-10+/t14?,16-/m1/s1. The summed E-state index contributed by atoms with van der Waals surface area (Å²) < 4.78 is 5.10. The number of carbonyl (C=O) groups excluding carboxylic acids is 2. The van der Waals surface area contributed by atoms with Gasteiger partial charge in [0.15, 0.2) is 0 Å². The van der Waals surface area contributed by atoms with Crippen LogP contribution in [0, 0.1) is 11.3 Å². The molecule has 1 heterocycles. The van der Waals surface area contributed by atoms with E-state index in [1.807, 2.05) is 43.3 Å². The van der Waals surface area contributed by atoms with Crippen LogP contribution in [0.15, 0.2) is 42.5 Å². The van der Waals surface area contributed by atoms with Crippen LogP contribution in [-0.4, -0.2) is 23.5 Å². The van der Waals surface area contributed by atoms with Crippen LogP contribution >= 0.6 is 0 Å². The summed E-state index contributed by atoms with van der Waals surface area (Å²) >= 11 is 0. The molecular formula is C19H25NO3. The van der Waals surface area contributed by atoms with Crippen molar-refractivity contribution in [3.63, 3.8) is 0 Å². The van der Waals surface area contributed by atoms with Gasteiger partial charge in [0.2, 0.25) is 5.91 Å². The van der Waals surface area contributed by atoms with E-state index in [1.165, 1.54) is 4.90 Å². The zero-order valence-corrected chi connectivity index (χ0v) is 14.3. The quantitative estimate of drug-likeness (QED) is 0.777. The van der Waals surface area contributed by atoms with E-state index in [4.69, 9.17) is 4.74 Å². The lowest BCUT2D eigenvalue weighted by molar-refractivity contribution is -0.129. The van der Waals surface area contributed by atoms with Gasteiger partial charge in [-0.05, 0) is 16.9 Å². The Hall–Kier alpha value is -2.10. The Morgan fingerprint density at radius 2 is 2.00 bits per heavy atom. The van der Waals surface area contributed by atoms with Gasteiger partial charge in [-0.2, -0.15) is 0 Å². The first-order valence-electron chi connectivity index (χ1n) is 8.01. The number of allylic oxidation sites excluding steroid dienone is 2. The lowest BCUT2D eigenvalue weighted by atomic mass is 9.93. The van der Waals surface area contributed by atoms with Crippen molar-refractivity contribution in [2.75, 3.05) is 6.61 Å². The molecular weight excluding hydrogens is 290 g/mol. The zero-order valence-electron chi connectivity index (χ0n) is 14.3. The third kappa shape index (κ3) is 4.68. The number of rotatable bonds is 4. The number of hydrogen-bond donors (Lipinski definition) is 0. The number of amides is 2. The fourth-order valence-electron chi connectivity index (χ4n) is 2.51. The molecule has 2 amide bonds. The Morgan fingerprint density at radius 3 is 2.61 bits per heavy atom. The first-order chi connectivity index (χ1) is 10.8. The van der Waals surface area contributed by atoms with Crippen LogP contribution in [0.25, 0.3) is 0 Å². The number of nitrogens with zero attached hydrogens (tertiary/aromatic N) is 1. The van der Waals surface area contributed by atoms with Crippen LogP contribution in [0.2, 0.25) is 0 Å². The molecule has 1 aromatic rings. The maximum absolute atomic E-state index is 12.6. The van der Waals surface area contributed by atoms with Gasteiger partial charge in [0.1, 0.15) is 12.6 Å². The van der Waals surface area contributed by atoms with E-state index in [0.717, 1.165) is 5.56 Å². The molecule has 2 rings (SSSR count). The van der Waals surface area contributed by atoms with Crippen molar-refractivity contribution in [1.82, 2.24) is 4.90 Å². The molecule has 23 heavy (non-hydrogen) atoms. The Kier molecular flexibility index (Phi) is 5.24. The first-order valence-corrected chi connectivity index (χ1v) is 8.01. The van der Waals surface area contributed by atoms with Gasteiger partial charge in [-0.15, -0.1) is 0 Å². The monoisotopic (exact) mass is 315 g/mol. The molecule has 1 saturated heterocycles. The molecule has 0 aromatic heterocycles. The van der Waals surface area contributed by atoms with E-state index in [-0.39, 0.29) is 29.9 Å². The fraction of sp³-hybridized carbons (Fsp3) is 0.474. The van der Waals surface area contributed by atoms with Gasteiger partial charge in [0.25, 0.3) is 0 Å². The average molecular weight is 315 g/mol. The van der Waals surface area contributed by atoms with E-state index in [0.29, 0.717) is 6.42 Å². The molecule has 1 unspecified atom stereocenters. The number of benzene rings is 1. The van der Waals surface area contributed by atoms with Gasteiger partial charge in [0, 0.05) is 6.42 Å². The zero-order chi connectivity index (χ0) is 17.0. The summed E-state index contributed by atoms with van der Waals surface area (Å²) in [6.45, 7) is 8.55. The van der Waals surface area contributed by atoms with Crippen LogP contribution in [0.3, 0.4) is 0 Å². The molecule has 0 spiro atoms. The van der Waals surface area contributed by atoms with Crippen molar-refractivity contribution in [3.05, 3.63) is 48.0 Å². The van der Waals surface area contributed by atoms with Crippen molar-refractivity contribution >= 4 is 12.0 Å². The number of carbonyl (C=O) groups is 2. The summed E-state index contributed by atoms with van der Waals surface area (Å²) in [5.41, 5.74) is 1.00. The van der Waals surface area contributed by atoms with Crippen molar-refractivity contribution in [3.8, 4) is 0 Å². The molecule has 0 radical (unpaired) electrons. The number of imide groups is 1. The molecule has 0 bridgehead atoms. The molecule has 1 aliphatic rings. The minimum Gasteiger partial charge on any atom is -0.446 e. The smallest absolute Gasteiger partial charge is 0.417 e. The third-order valence-corrected chi connectivity index (χ3v) is 3.75. The van der Waals surface area contributed by atoms with Gasteiger partial charge < -0.3 is 4.74 Å². The Bertz CT molecular complexity index is 586. The summed E-state index contributed by atoms with van der Waals surface area (Å²) in [6, 6.07) is 9.21. The van der Waals surface area contributed by atoms with Crippen LogP contribution in [0.5, 0.6) is 0 Å². The van der Waals surface area contributed by atoms with Crippen molar-refractivity contribution in [2.24, 2.45) is 11.3 Å². The highest BCUT2D eigenvalue weighted by atomic mass is 16.6. The predicted molar refractivity (Wildman–Crippen MR) is 89.8 cm³/mol. The normalized spacial score (nSPS) is 19.9. The maximum atomic E-state index is 12.6. The summed E-state index contributed by atoms with van der Waals surface area (Å²) in [6.07, 6.45) is 3.89. The SMILES string of the molecule is CC(/C=C/C(C)(C)C)CC(=O)N1C(=O)OC[C@@H]1c1ccccc1. The average Bonchev–Trinajstić information content (AvgIpc) is 2.87. The van der Waals surface area contributed by atoms with Crippen LogP contribution in [0.1, 0.15) is 45.7 Å². The van der Waals surface area contributed by atoms with Gasteiger partial charge in [-0.25, -0.2) is 9.69 Å². The molecule has 0 saturated carbocycles. The third-order valence-electron chi connectivity index (χ3n) is 3.75. The van der Waals surface area contributed by atoms with Gasteiger partial charge in [0.05, 0.1) is 0 Å². The fourth-order valence-corrected chi connectivity index (χ4v) is 2.51. The lowest BCUT2D eigenvalue weighted by Crippen LogP contribution is -2.34. The summed E-state index contributed by atoms with van der Waals surface area (Å²) in [7, 11) is 0. The minimum atomic E-state index is -0.546. The molecule has 0 N–H and O–H groups in total. The second kappa shape index (κ2) is 6.99. The van der Waals surface area contributed by atoms with E-state index in [1.54, 1.807) is 0 Å². The van der Waals surface area contributed by atoms with E-state index < -0.39 is 6.09 Å². The molecule has 4 heteroatoms. The molecule has 1 aliphatic heterocycles. The minimum absolute atomic E-state index is 0.0755. The lowest BCUT2D eigenvalue weighted by Gasteiger charge is -2.21. The van der Waals surface area contributed by atoms with Crippen molar-refractivity contribution in [2.45, 2.75) is 40.2 Å². The summed E-state index contributed by atoms with van der Waals surface area (Å²) in [5, 5.41) is 0. The highest BCUT2D eigenvalue weighted by Crippen LogP contribution is 2.29. The first kappa shape index (κ1) is 17.3. The molecule has 4 nitrogen and oxygen atoms in total. The molecule has 0 aliphatic carbocycles. The van der Waals surface area contributed by atoms with Crippen molar-refractivity contribution < 1.29 is 14.3 Å². The second-order valence-electron chi connectivity index (χ2n) is 7.17. The Morgan fingerprint density at radius 1 is 1.35 bits per heavy atom. The molecule has 2 atom stereocenters. The van der Waals surface area contributed by atoms with Gasteiger partial charge in [-0.1, -0.05) is 70.2 Å². The van der Waals surface area contributed by atoms with E-state index >= 15 is 0 Å². The molecule has 124 valence electrons. The van der Waals surface area contributed by atoms with Gasteiger partial charge >= 0.3 is 6.09 Å². The largest absolute Gasteiger partial charge is 0.446 e. The van der Waals surface area contributed by atoms with Crippen LogP contribution in [0.4, 0.5) is 4.79 Å². The highest BCUT2D eigenvalue weighted by Gasteiger charge is 2.38. The Labute approximate surface area is 138 Å². The predicted octanol–water partition coefficient (Wildman–Crippen LogP) is 4.34. The van der Waals surface area contributed by atoms with Gasteiger partial charge in [-0.3, -0.25) is 4.79 Å². The molecule has 1 aromatic carbocycles. The second-order valence-corrected chi connectivity index (χ2v) is 7.17. The van der Waals surface area contributed by atoms with E-state index in [9.17, 15) is 9.59 Å². The van der Waals surface area contributed by atoms with E-state index in [2.05, 4.69) is 26.8 Å². The van der Waals surface area contributed by atoms with Crippen LogP contribution in [-0.2, 0) is 9.53 Å². The molecule has 1 fully saturated rings. The number of cyclic esters (lactones) is 1. The summed E-state index contributed by atoms with van der Waals surface area (Å²) in [4.78, 5) is 25.8. The van der Waals surface area contributed by atoms with Crippen LogP contribution < -0.4 is 0 Å². The van der Waals surface area contributed by atoms with Crippen molar-refractivity contribution in [1.29, 1.82) is 0 Å². The highest BCUT2D eigenvalue weighted by molar-refractivity contribution is 5.93.